The van der Waals surface area contributed by atoms with Crippen LogP contribution in [0, 0.1) is 12.8 Å². The predicted molar refractivity (Wildman–Crippen MR) is 98.3 cm³/mol. The average molecular weight is 359 g/mol. The van der Waals surface area contributed by atoms with Crippen LogP contribution in [0.25, 0.3) is 0 Å². The van der Waals surface area contributed by atoms with E-state index in [-0.39, 0.29) is 17.8 Å². The Balaban J connectivity index is 1.77. The van der Waals surface area contributed by atoms with Crippen LogP contribution in [0.1, 0.15) is 43.6 Å². The van der Waals surface area contributed by atoms with Gasteiger partial charge in [0.25, 0.3) is 5.91 Å². The van der Waals surface area contributed by atoms with E-state index in [9.17, 15) is 9.59 Å². The lowest BCUT2D eigenvalue weighted by atomic mass is 9.75. The molecule has 0 unspecified atom stereocenters. The molecule has 0 radical (unpaired) electrons. The van der Waals surface area contributed by atoms with Gasteiger partial charge in [-0.1, -0.05) is 11.6 Å². The van der Waals surface area contributed by atoms with E-state index >= 15 is 0 Å². The van der Waals surface area contributed by atoms with Gasteiger partial charge in [0, 0.05) is 18.7 Å². The van der Waals surface area contributed by atoms with Crippen LogP contribution in [0.15, 0.2) is 18.2 Å². The van der Waals surface area contributed by atoms with Crippen LogP contribution in [0.5, 0.6) is 0 Å². The topological polar surface area (TPSA) is 65.1 Å². The number of ether oxygens (including phenoxy) is 1. The predicted octanol–water partition coefficient (Wildman–Crippen LogP) is 1.54. The van der Waals surface area contributed by atoms with E-state index in [1.165, 1.54) is 7.11 Å². The van der Waals surface area contributed by atoms with Gasteiger partial charge in [0.1, 0.15) is 0 Å². The molecule has 0 saturated carbocycles. The minimum atomic E-state index is -0.507. The number of amides is 1. The van der Waals surface area contributed by atoms with Crippen LogP contribution in [-0.2, 0) is 18.8 Å². The maximum absolute atomic E-state index is 12.7. The molecule has 140 valence electrons. The molecule has 2 heterocycles. The molecule has 0 N–H and O–H groups in total. The molecule has 0 atom stereocenters. The summed E-state index contributed by atoms with van der Waals surface area (Å²) in [6.07, 6.45) is 0. The molecule has 2 aliphatic rings. The number of aryl methyl sites for hydroxylation is 1. The first-order valence-corrected chi connectivity index (χ1v) is 8.89. The van der Waals surface area contributed by atoms with Crippen molar-refractivity contribution in [3.05, 3.63) is 29.3 Å². The number of carbonyl (C=O) groups is 2. The number of nitrogens with zero attached hydrogens (tertiary/aromatic N) is 1. The Morgan fingerprint density at radius 2 is 1.73 bits per heavy atom. The van der Waals surface area contributed by atoms with Crippen molar-refractivity contribution >= 4 is 24.5 Å². The molecule has 2 saturated heterocycles. The molecule has 6 nitrogen and oxygen atoms in total. The third kappa shape index (κ3) is 3.14. The van der Waals surface area contributed by atoms with Gasteiger partial charge in [-0.25, -0.2) is 0 Å². The highest BCUT2D eigenvalue weighted by Gasteiger charge is 2.52. The summed E-state index contributed by atoms with van der Waals surface area (Å²) in [6, 6.07) is 5.55. The zero-order chi connectivity index (χ0) is 19.3. The normalized spacial score (nSPS) is 21.5. The number of carbonyl (C=O) groups excluding carboxylic acids is 2. The highest BCUT2D eigenvalue weighted by molar-refractivity contribution is 6.62. The first-order chi connectivity index (χ1) is 12.1. The fraction of sp³-hybridized carbons (Fsp3) is 0.579. The van der Waals surface area contributed by atoms with Crippen LogP contribution in [0.3, 0.4) is 0 Å². The minimum Gasteiger partial charge on any atom is -0.469 e. The number of likely N-dealkylation sites (tertiary alicyclic amines) is 1. The van der Waals surface area contributed by atoms with Crippen LogP contribution in [0.2, 0.25) is 0 Å². The van der Waals surface area contributed by atoms with Gasteiger partial charge < -0.3 is 18.9 Å². The molecule has 0 aromatic heterocycles. The van der Waals surface area contributed by atoms with E-state index in [1.54, 1.807) is 11.0 Å². The number of methoxy groups -OCH3 is 1. The van der Waals surface area contributed by atoms with Gasteiger partial charge in [0.05, 0.1) is 24.2 Å². The van der Waals surface area contributed by atoms with Crippen LogP contribution in [0.4, 0.5) is 0 Å². The second-order valence-electron chi connectivity index (χ2n) is 8.09. The molecule has 1 aromatic carbocycles. The molecule has 26 heavy (non-hydrogen) atoms. The van der Waals surface area contributed by atoms with E-state index in [1.807, 2.05) is 46.8 Å². The second kappa shape index (κ2) is 6.39. The molecule has 0 spiro atoms. The van der Waals surface area contributed by atoms with Gasteiger partial charge in [0.15, 0.2) is 0 Å². The van der Waals surface area contributed by atoms with Crippen LogP contribution < -0.4 is 5.46 Å². The Kier molecular flexibility index (Phi) is 4.65. The summed E-state index contributed by atoms with van der Waals surface area (Å²) in [6.45, 7) is 10.8. The molecule has 0 bridgehead atoms. The fourth-order valence-electron chi connectivity index (χ4n) is 3.14. The maximum atomic E-state index is 12.7. The number of hydrogen-bond donors (Lipinski definition) is 0. The Bertz CT molecular complexity index is 723. The van der Waals surface area contributed by atoms with Crippen molar-refractivity contribution in [2.75, 3.05) is 20.2 Å². The average Bonchev–Trinajstić information content (AvgIpc) is 2.73. The van der Waals surface area contributed by atoms with Gasteiger partial charge in [-0.05, 0) is 52.2 Å². The maximum Gasteiger partial charge on any atom is 0.495 e. The van der Waals surface area contributed by atoms with E-state index in [0.717, 1.165) is 11.0 Å². The Hall–Kier alpha value is -1.86. The molecule has 7 heteroatoms. The quantitative estimate of drug-likeness (QED) is 0.605. The van der Waals surface area contributed by atoms with E-state index in [0.29, 0.717) is 18.7 Å². The van der Waals surface area contributed by atoms with Crippen molar-refractivity contribution in [2.24, 2.45) is 5.92 Å². The lowest BCUT2D eigenvalue weighted by Gasteiger charge is -2.37. The van der Waals surface area contributed by atoms with Gasteiger partial charge in [0.2, 0.25) is 0 Å². The highest BCUT2D eigenvalue weighted by atomic mass is 16.7. The lowest BCUT2D eigenvalue weighted by Crippen LogP contribution is -2.53. The molecule has 1 aromatic rings. The summed E-state index contributed by atoms with van der Waals surface area (Å²) >= 11 is 0. The second-order valence-corrected chi connectivity index (χ2v) is 8.09. The molecule has 2 aliphatic heterocycles. The smallest absolute Gasteiger partial charge is 0.469 e. The number of benzene rings is 1. The van der Waals surface area contributed by atoms with Gasteiger partial charge >= 0.3 is 13.1 Å². The number of rotatable bonds is 3. The summed E-state index contributed by atoms with van der Waals surface area (Å²) in [5.74, 6) is -0.587. The largest absolute Gasteiger partial charge is 0.495 e. The van der Waals surface area contributed by atoms with Gasteiger partial charge in [-0.2, -0.15) is 0 Å². The highest BCUT2D eigenvalue weighted by Crippen LogP contribution is 2.36. The SMILES string of the molecule is COC(=O)C1CN(C(=O)c2ccc(C)c(B3OC(C)(C)C(C)(C)O3)c2)C1. The monoisotopic (exact) mass is 359 g/mol. The molecular weight excluding hydrogens is 333 g/mol. The summed E-state index contributed by atoms with van der Waals surface area (Å²) < 4.78 is 17.0. The summed E-state index contributed by atoms with van der Waals surface area (Å²) in [5.41, 5.74) is 1.57. The van der Waals surface area contributed by atoms with Gasteiger partial charge in [-0.3, -0.25) is 9.59 Å². The first-order valence-electron chi connectivity index (χ1n) is 8.89. The number of hydrogen-bond acceptors (Lipinski definition) is 5. The molecule has 3 rings (SSSR count). The van der Waals surface area contributed by atoms with Crippen molar-refractivity contribution in [3.63, 3.8) is 0 Å². The fourth-order valence-corrected chi connectivity index (χ4v) is 3.14. The zero-order valence-corrected chi connectivity index (χ0v) is 16.3. The van der Waals surface area contributed by atoms with Crippen molar-refractivity contribution < 1.29 is 23.6 Å². The Morgan fingerprint density at radius 1 is 1.15 bits per heavy atom. The minimum absolute atomic E-state index is 0.0945. The van der Waals surface area contributed by atoms with Gasteiger partial charge in [-0.15, -0.1) is 0 Å². The van der Waals surface area contributed by atoms with E-state index < -0.39 is 18.3 Å². The summed E-state index contributed by atoms with van der Waals surface area (Å²) in [4.78, 5) is 25.9. The number of esters is 1. The van der Waals surface area contributed by atoms with Crippen molar-refractivity contribution in [3.8, 4) is 0 Å². The summed E-state index contributed by atoms with van der Waals surface area (Å²) in [7, 11) is 0.857. The van der Waals surface area contributed by atoms with E-state index in [2.05, 4.69) is 0 Å². The van der Waals surface area contributed by atoms with Crippen LogP contribution in [-0.4, -0.2) is 55.3 Å². The lowest BCUT2D eigenvalue weighted by molar-refractivity contribution is -0.149. The summed E-state index contributed by atoms with van der Waals surface area (Å²) in [5, 5.41) is 0. The Labute approximate surface area is 154 Å². The van der Waals surface area contributed by atoms with Crippen molar-refractivity contribution in [1.29, 1.82) is 0 Å². The standard InChI is InChI=1S/C19H26BNO5/c1-12-7-8-13(16(22)21-10-14(11-21)17(23)24-6)9-15(12)20-25-18(2,3)19(4,5)26-20/h7-9,14H,10-11H2,1-6H3. The van der Waals surface area contributed by atoms with Crippen LogP contribution >= 0.6 is 0 Å². The zero-order valence-electron chi connectivity index (χ0n) is 16.3. The van der Waals surface area contributed by atoms with Crippen molar-refractivity contribution in [1.82, 2.24) is 4.90 Å². The molecule has 0 aliphatic carbocycles. The third-order valence-electron chi connectivity index (χ3n) is 5.74. The third-order valence-corrected chi connectivity index (χ3v) is 5.74. The Morgan fingerprint density at radius 3 is 2.27 bits per heavy atom. The molecular formula is C19H26BNO5. The van der Waals surface area contributed by atoms with Crippen molar-refractivity contribution in [2.45, 2.75) is 45.8 Å². The first kappa shape index (κ1) is 18.9. The molecule has 1 amide bonds. The molecule has 2 fully saturated rings. The van der Waals surface area contributed by atoms with E-state index in [4.69, 9.17) is 14.0 Å².